The number of rotatable bonds is 4. The molecule has 0 aliphatic rings. The highest BCUT2D eigenvalue weighted by Crippen LogP contribution is 2.33. The van der Waals surface area contributed by atoms with Gasteiger partial charge in [-0.1, -0.05) is 35.9 Å². The molecule has 0 bridgehead atoms. The van der Waals surface area contributed by atoms with E-state index in [1.165, 1.54) is 11.8 Å². The van der Waals surface area contributed by atoms with Crippen LogP contribution in [0.3, 0.4) is 0 Å². The van der Waals surface area contributed by atoms with Crippen LogP contribution in [0.2, 0.25) is 5.02 Å². The van der Waals surface area contributed by atoms with Crippen molar-refractivity contribution in [2.24, 2.45) is 0 Å². The fourth-order valence-corrected chi connectivity index (χ4v) is 3.55. The lowest BCUT2D eigenvalue weighted by atomic mass is 10.1. The summed E-state index contributed by atoms with van der Waals surface area (Å²) in [6.07, 6.45) is 0. The Bertz CT molecular complexity index is 911. The highest BCUT2D eigenvalue weighted by Gasteiger charge is 2.11. The molecule has 3 aromatic carbocycles. The van der Waals surface area contributed by atoms with Gasteiger partial charge in [0.2, 0.25) is 5.91 Å². The molecule has 0 radical (unpaired) electrons. The number of nitrogens with one attached hydrogen (secondary N) is 1. The molecule has 0 saturated carbocycles. The standard InChI is InChI=1S/C18H12ClF2NOS/c19-13-5-1-3-11-4-2-6-16(18(11)13)24-10-17(23)22-15-9-12(20)7-8-14(15)21/h1-9H,10H2,(H,22,23). The summed E-state index contributed by atoms with van der Waals surface area (Å²) in [5, 5.41) is 4.83. The number of fused-ring (bicyclic) bond motifs is 1. The summed E-state index contributed by atoms with van der Waals surface area (Å²) in [5.74, 6) is -1.66. The van der Waals surface area contributed by atoms with Crippen molar-refractivity contribution in [3.8, 4) is 0 Å². The Kier molecular flexibility index (Phi) is 5.02. The van der Waals surface area contributed by atoms with Crippen molar-refractivity contribution >= 4 is 45.7 Å². The zero-order valence-electron chi connectivity index (χ0n) is 12.4. The molecule has 0 aromatic heterocycles. The van der Waals surface area contributed by atoms with E-state index < -0.39 is 17.5 Å². The average molecular weight is 364 g/mol. The summed E-state index contributed by atoms with van der Waals surface area (Å²) >= 11 is 7.53. The van der Waals surface area contributed by atoms with Gasteiger partial charge in [0.25, 0.3) is 0 Å². The molecule has 3 rings (SSSR count). The Hall–Kier alpha value is -2.11. The minimum atomic E-state index is -0.678. The first-order valence-corrected chi connectivity index (χ1v) is 8.46. The van der Waals surface area contributed by atoms with Crippen LogP contribution in [-0.2, 0) is 4.79 Å². The summed E-state index contributed by atoms with van der Waals surface area (Å²) in [7, 11) is 0. The predicted octanol–water partition coefficient (Wildman–Crippen LogP) is 5.50. The van der Waals surface area contributed by atoms with Crippen LogP contribution in [0.15, 0.2) is 59.5 Å². The van der Waals surface area contributed by atoms with Crippen LogP contribution >= 0.6 is 23.4 Å². The van der Waals surface area contributed by atoms with Crippen LogP contribution < -0.4 is 5.32 Å². The molecule has 1 N–H and O–H groups in total. The van der Waals surface area contributed by atoms with E-state index in [0.29, 0.717) is 5.02 Å². The largest absolute Gasteiger partial charge is 0.323 e. The summed E-state index contributed by atoms with van der Waals surface area (Å²) in [6, 6.07) is 14.2. The van der Waals surface area contributed by atoms with Crippen LogP contribution in [0.1, 0.15) is 0 Å². The number of hydrogen-bond donors (Lipinski definition) is 1. The number of hydrogen-bond acceptors (Lipinski definition) is 2. The first-order chi connectivity index (χ1) is 11.5. The molecule has 2 nitrogen and oxygen atoms in total. The second kappa shape index (κ2) is 7.20. The van der Waals surface area contributed by atoms with Crippen LogP contribution in [0.25, 0.3) is 10.8 Å². The average Bonchev–Trinajstić information content (AvgIpc) is 2.56. The third-order valence-electron chi connectivity index (χ3n) is 3.38. The van der Waals surface area contributed by atoms with Gasteiger partial charge in [0.15, 0.2) is 0 Å². The molecule has 0 unspecified atom stereocenters. The van der Waals surface area contributed by atoms with E-state index in [9.17, 15) is 13.6 Å². The van der Waals surface area contributed by atoms with Crippen LogP contribution in [0, 0.1) is 11.6 Å². The lowest BCUT2D eigenvalue weighted by Crippen LogP contribution is -2.15. The molecule has 0 aliphatic carbocycles. The monoisotopic (exact) mass is 363 g/mol. The van der Waals surface area contributed by atoms with Crippen molar-refractivity contribution in [3.05, 3.63) is 71.3 Å². The topological polar surface area (TPSA) is 29.1 Å². The van der Waals surface area contributed by atoms with E-state index in [1.54, 1.807) is 6.07 Å². The van der Waals surface area contributed by atoms with E-state index in [-0.39, 0.29) is 11.4 Å². The quantitative estimate of drug-likeness (QED) is 0.620. The van der Waals surface area contributed by atoms with Crippen molar-refractivity contribution < 1.29 is 13.6 Å². The van der Waals surface area contributed by atoms with Crippen LogP contribution in [0.4, 0.5) is 14.5 Å². The molecule has 0 heterocycles. The zero-order valence-corrected chi connectivity index (χ0v) is 13.9. The number of anilines is 1. The summed E-state index contributed by atoms with van der Waals surface area (Å²) < 4.78 is 26.7. The third kappa shape index (κ3) is 3.68. The van der Waals surface area contributed by atoms with Crippen molar-refractivity contribution in [1.29, 1.82) is 0 Å². The lowest BCUT2D eigenvalue weighted by Gasteiger charge is -2.09. The fraction of sp³-hybridized carbons (Fsp3) is 0.0556. The molecule has 24 heavy (non-hydrogen) atoms. The minimum Gasteiger partial charge on any atom is -0.323 e. The molecular formula is C18H12ClF2NOS. The number of carbonyl (C=O) groups excluding carboxylic acids is 1. The molecule has 122 valence electrons. The molecule has 0 atom stereocenters. The molecule has 0 fully saturated rings. The van der Waals surface area contributed by atoms with E-state index in [4.69, 9.17) is 11.6 Å². The minimum absolute atomic E-state index is 0.0558. The summed E-state index contributed by atoms with van der Waals surface area (Å²) in [5.41, 5.74) is -0.170. The summed E-state index contributed by atoms with van der Waals surface area (Å²) in [6.45, 7) is 0. The first kappa shape index (κ1) is 16.7. The number of benzene rings is 3. The van der Waals surface area contributed by atoms with E-state index in [2.05, 4.69) is 5.32 Å². The Balaban J connectivity index is 1.74. The predicted molar refractivity (Wildman–Crippen MR) is 94.7 cm³/mol. The molecule has 0 spiro atoms. The molecule has 0 saturated heterocycles. The van der Waals surface area contributed by atoms with Gasteiger partial charge in [0.1, 0.15) is 11.6 Å². The smallest absolute Gasteiger partial charge is 0.234 e. The molecule has 0 aliphatic heterocycles. The maximum atomic E-state index is 13.5. The van der Waals surface area contributed by atoms with Crippen LogP contribution in [0.5, 0.6) is 0 Å². The van der Waals surface area contributed by atoms with Crippen molar-refractivity contribution in [2.75, 3.05) is 11.1 Å². The maximum absolute atomic E-state index is 13.5. The number of carbonyl (C=O) groups is 1. The van der Waals surface area contributed by atoms with Crippen molar-refractivity contribution in [2.45, 2.75) is 4.90 Å². The second-order valence-corrected chi connectivity index (χ2v) is 6.48. The highest BCUT2D eigenvalue weighted by molar-refractivity contribution is 8.00. The summed E-state index contributed by atoms with van der Waals surface area (Å²) in [4.78, 5) is 12.9. The Labute approximate surface area is 146 Å². The van der Waals surface area contributed by atoms with Gasteiger partial charge in [0.05, 0.1) is 11.4 Å². The van der Waals surface area contributed by atoms with Crippen molar-refractivity contribution in [3.63, 3.8) is 0 Å². The van der Waals surface area contributed by atoms with E-state index >= 15 is 0 Å². The molecular weight excluding hydrogens is 352 g/mol. The number of halogens is 3. The van der Waals surface area contributed by atoms with Gasteiger partial charge in [-0.3, -0.25) is 4.79 Å². The van der Waals surface area contributed by atoms with Gasteiger partial charge in [-0.25, -0.2) is 8.78 Å². The molecule has 3 aromatic rings. The van der Waals surface area contributed by atoms with Gasteiger partial charge in [-0.15, -0.1) is 11.8 Å². The van der Waals surface area contributed by atoms with Crippen molar-refractivity contribution in [1.82, 2.24) is 0 Å². The number of thioether (sulfide) groups is 1. The normalized spacial score (nSPS) is 10.8. The fourth-order valence-electron chi connectivity index (χ4n) is 2.31. The zero-order chi connectivity index (χ0) is 17.1. The highest BCUT2D eigenvalue weighted by atomic mass is 35.5. The van der Waals surface area contributed by atoms with E-state index in [1.807, 2.05) is 30.3 Å². The van der Waals surface area contributed by atoms with E-state index in [0.717, 1.165) is 33.9 Å². The van der Waals surface area contributed by atoms with Crippen LogP contribution in [-0.4, -0.2) is 11.7 Å². The Morgan fingerprint density at radius 1 is 1.08 bits per heavy atom. The van der Waals surface area contributed by atoms with Gasteiger partial charge in [0, 0.05) is 21.4 Å². The van der Waals surface area contributed by atoms with Gasteiger partial charge >= 0.3 is 0 Å². The van der Waals surface area contributed by atoms with Gasteiger partial charge in [-0.2, -0.15) is 0 Å². The SMILES string of the molecule is O=C(CSc1cccc2cccc(Cl)c12)Nc1cc(F)ccc1F. The lowest BCUT2D eigenvalue weighted by molar-refractivity contribution is -0.113. The van der Waals surface area contributed by atoms with Gasteiger partial charge < -0.3 is 5.32 Å². The molecule has 1 amide bonds. The molecule has 6 heteroatoms. The Morgan fingerprint density at radius 2 is 1.83 bits per heavy atom. The van der Waals surface area contributed by atoms with Gasteiger partial charge in [-0.05, 0) is 29.7 Å². The third-order valence-corrected chi connectivity index (χ3v) is 4.75. The second-order valence-electron chi connectivity index (χ2n) is 5.06. The first-order valence-electron chi connectivity index (χ1n) is 7.09. The number of amides is 1. The Morgan fingerprint density at radius 3 is 2.62 bits per heavy atom. The maximum Gasteiger partial charge on any atom is 0.234 e.